The summed E-state index contributed by atoms with van der Waals surface area (Å²) >= 11 is 0. The second-order valence-electron chi connectivity index (χ2n) is 8.09. The number of rotatable bonds is 4. The van der Waals surface area contributed by atoms with E-state index >= 15 is 0 Å². The molecule has 0 saturated carbocycles. The number of piperidine rings is 1. The predicted octanol–water partition coefficient (Wildman–Crippen LogP) is 4.99. The summed E-state index contributed by atoms with van der Waals surface area (Å²) in [6.07, 6.45) is 6.96. The fourth-order valence-corrected chi connectivity index (χ4v) is 4.04. The molecule has 2 aromatic heterocycles. The number of anilines is 1. The first-order valence-corrected chi connectivity index (χ1v) is 10.9. The molecule has 5 rings (SSSR count). The van der Waals surface area contributed by atoms with Crippen LogP contribution in [0.15, 0.2) is 82.1 Å². The molecule has 1 aliphatic heterocycles. The quantitative estimate of drug-likeness (QED) is 0.500. The molecule has 0 unspecified atom stereocenters. The van der Waals surface area contributed by atoms with Gasteiger partial charge >= 0.3 is 0 Å². The largest absolute Gasteiger partial charge is 0.456 e. The van der Waals surface area contributed by atoms with Crippen LogP contribution in [0.4, 0.5) is 5.82 Å². The van der Waals surface area contributed by atoms with Gasteiger partial charge < -0.3 is 14.4 Å². The van der Waals surface area contributed by atoms with Crippen LogP contribution in [0.5, 0.6) is 0 Å². The predicted molar refractivity (Wildman–Crippen MR) is 129 cm³/mol. The Morgan fingerprint density at radius 2 is 1.72 bits per heavy atom. The van der Waals surface area contributed by atoms with Gasteiger partial charge in [0.25, 0.3) is 0 Å². The fourth-order valence-electron chi connectivity index (χ4n) is 4.04. The Kier molecular flexibility index (Phi) is 5.57. The van der Waals surface area contributed by atoms with E-state index in [1.165, 1.54) is 6.07 Å². The summed E-state index contributed by atoms with van der Waals surface area (Å²) in [5.41, 5.74) is 3.78. The zero-order chi connectivity index (χ0) is 21.9. The highest BCUT2D eigenvalue weighted by atomic mass is 16.3. The Balaban J connectivity index is 1.33. The molecule has 0 spiro atoms. The molecule has 5 nitrogen and oxygen atoms in total. The van der Waals surface area contributed by atoms with Crippen molar-refractivity contribution in [2.24, 2.45) is 0 Å². The summed E-state index contributed by atoms with van der Waals surface area (Å²) in [5, 5.41) is 10.3. The molecule has 1 aliphatic rings. The third-order valence-electron chi connectivity index (χ3n) is 5.87. The molecule has 0 amide bonds. The second kappa shape index (κ2) is 8.81. The average Bonchev–Trinajstić information content (AvgIpc) is 2.84. The summed E-state index contributed by atoms with van der Waals surface area (Å²) in [6, 6.07) is 21.1. The molecular weight excluding hydrogens is 400 g/mol. The molecule has 5 heteroatoms. The Morgan fingerprint density at radius 3 is 2.53 bits per heavy atom. The van der Waals surface area contributed by atoms with Crippen LogP contribution in [0.2, 0.25) is 0 Å². The van der Waals surface area contributed by atoms with Crippen molar-refractivity contribution in [2.75, 3.05) is 18.0 Å². The van der Waals surface area contributed by atoms with E-state index in [2.05, 4.69) is 28.1 Å². The van der Waals surface area contributed by atoms with Gasteiger partial charge in [-0.1, -0.05) is 42.5 Å². The zero-order valence-corrected chi connectivity index (χ0v) is 17.6. The fraction of sp³-hybridized carbons (Fsp3) is 0.185. The SMILES string of the molecule is O=c1cc(/C=C/c2ccc(-c3ccnc(N4CCC(O)CC4)c3)cc2)oc2ccccc12. The van der Waals surface area contributed by atoms with Crippen LogP contribution < -0.4 is 10.3 Å². The van der Waals surface area contributed by atoms with Gasteiger partial charge in [-0.25, -0.2) is 4.98 Å². The standard InChI is InChI=1S/C27H24N2O3/c30-22-12-15-29(16-13-22)27-17-21(11-14-28-27)20-8-5-19(6-9-20)7-10-23-18-25(31)24-3-1-2-4-26(24)32-23/h1-11,14,17-18,22,30H,12-13,15-16H2/b10-7+. The summed E-state index contributed by atoms with van der Waals surface area (Å²) in [4.78, 5) is 19.0. The molecule has 0 radical (unpaired) electrons. The van der Waals surface area contributed by atoms with Crippen molar-refractivity contribution < 1.29 is 9.52 Å². The van der Waals surface area contributed by atoms with E-state index in [9.17, 15) is 9.90 Å². The first-order valence-electron chi connectivity index (χ1n) is 10.9. The molecular formula is C27H24N2O3. The van der Waals surface area contributed by atoms with E-state index in [1.807, 2.05) is 48.7 Å². The smallest absolute Gasteiger partial charge is 0.193 e. The molecule has 1 N–H and O–H groups in total. The number of aromatic nitrogens is 1. The molecule has 2 aromatic carbocycles. The number of hydrogen-bond donors (Lipinski definition) is 1. The van der Waals surface area contributed by atoms with Gasteiger partial charge in [0.15, 0.2) is 5.43 Å². The van der Waals surface area contributed by atoms with E-state index in [0.29, 0.717) is 16.7 Å². The van der Waals surface area contributed by atoms with Crippen molar-refractivity contribution in [1.29, 1.82) is 0 Å². The molecule has 1 fully saturated rings. The lowest BCUT2D eigenvalue weighted by atomic mass is 10.0. The number of fused-ring (bicyclic) bond motifs is 1. The number of aliphatic hydroxyl groups is 1. The van der Waals surface area contributed by atoms with Gasteiger partial charge in [-0.05, 0) is 59.9 Å². The van der Waals surface area contributed by atoms with Gasteiger partial charge in [-0.15, -0.1) is 0 Å². The second-order valence-corrected chi connectivity index (χ2v) is 8.09. The van der Waals surface area contributed by atoms with Crippen LogP contribution in [0, 0.1) is 0 Å². The molecule has 4 aromatic rings. The van der Waals surface area contributed by atoms with Gasteiger partial charge in [-0.2, -0.15) is 0 Å². The summed E-state index contributed by atoms with van der Waals surface area (Å²) in [6.45, 7) is 1.65. The Hall–Kier alpha value is -3.70. The van der Waals surface area contributed by atoms with E-state index in [1.54, 1.807) is 12.1 Å². The number of aliphatic hydroxyl groups excluding tert-OH is 1. The Labute approximate surface area is 186 Å². The number of nitrogens with zero attached hydrogens (tertiary/aromatic N) is 2. The highest BCUT2D eigenvalue weighted by Gasteiger charge is 2.18. The molecule has 32 heavy (non-hydrogen) atoms. The van der Waals surface area contributed by atoms with E-state index in [0.717, 1.165) is 48.4 Å². The van der Waals surface area contributed by atoms with E-state index in [4.69, 9.17) is 4.42 Å². The zero-order valence-electron chi connectivity index (χ0n) is 17.6. The summed E-state index contributed by atoms with van der Waals surface area (Å²) in [5.74, 6) is 1.48. The van der Waals surface area contributed by atoms with Crippen LogP contribution >= 0.6 is 0 Å². The maximum absolute atomic E-state index is 12.3. The first-order chi connectivity index (χ1) is 15.7. The van der Waals surface area contributed by atoms with Gasteiger partial charge in [0.05, 0.1) is 11.5 Å². The molecule has 160 valence electrons. The van der Waals surface area contributed by atoms with Gasteiger partial charge in [0, 0.05) is 25.4 Å². The van der Waals surface area contributed by atoms with Crippen LogP contribution in [0.1, 0.15) is 24.2 Å². The van der Waals surface area contributed by atoms with Crippen LogP contribution in [0.25, 0.3) is 34.2 Å². The van der Waals surface area contributed by atoms with Gasteiger partial charge in [0.2, 0.25) is 0 Å². The van der Waals surface area contributed by atoms with Crippen molar-refractivity contribution in [2.45, 2.75) is 18.9 Å². The highest BCUT2D eigenvalue weighted by Crippen LogP contribution is 2.25. The molecule has 0 bridgehead atoms. The van der Waals surface area contributed by atoms with E-state index in [-0.39, 0.29) is 11.5 Å². The van der Waals surface area contributed by atoms with Crippen molar-refractivity contribution in [3.8, 4) is 11.1 Å². The lowest BCUT2D eigenvalue weighted by molar-refractivity contribution is 0.145. The monoisotopic (exact) mass is 424 g/mol. The normalized spacial score (nSPS) is 15.0. The van der Waals surface area contributed by atoms with Gasteiger partial charge in [0.1, 0.15) is 17.2 Å². The average molecular weight is 425 g/mol. The Bertz CT molecular complexity index is 1320. The topological polar surface area (TPSA) is 66.6 Å². The van der Waals surface area contributed by atoms with E-state index < -0.39 is 0 Å². The number of hydrogen-bond acceptors (Lipinski definition) is 5. The lowest BCUT2D eigenvalue weighted by Gasteiger charge is -2.30. The molecule has 0 aliphatic carbocycles. The minimum Gasteiger partial charge on any atom is -0.456 e. The van der Waals surface area contributed by atoms with Crippen LogP contribution in [-0.4, -0.2) is 29.3 Å². The summed E-state index contributed by atoms with van der Waals surface area (Å²) < 4.78 is 5.82. The van der Waals surface area contributed by atoms with Crippen molar-refractivity contribution >= 4 is 28.9 Å². The molecule has 0 atom stereocenters. The minimum atomic E-state index is -0.197. The van der Waals surface area contributed by atoms with Crippen molar-refractivity contribution in [1.82, 2.24) is 4.98 Å². The Morgan fingerprint density at radius 1 is 0.938 bits per heavy atom. The first kappa shape index (κ1) is 20.2. The number of benzene rings is 2. The third-order valence-corrected chi connectivity index (χ3v) is 5.87. The van der Waals surface area contributed by atoms with Crippen molar-refractivity contribution in [3.63, 3.8) is 0 Å². The van der Waals surface area contributed by atoms with Crippen LogP contribution in [-0.2, 0) is 0 Å². The summed E-state index contributed by atoms with van der Waals surface area (Å²) in [7, 11) is 0. The number of pyridine rings is 1. The third kappa shape index (κ3) is 4.34. The highest BCUT2D eigenvalue weighted by molar-refractivity contribution is 5.78. The maximum Gasteiger partial charge on any atom is 0.193 e. The van der Waals surface area contributed by atoms with Crippen molar-refractivity contribution in [3.05, 3.63) is 94.5 Å². The van der Waals surface area contributed by atoms with Crippen LogP contribution in [0.3, 0.4) is 0 Å². The molecule has 1 saturated heterocycles. The number of para-hydroxylation sites is 1. The van der Waals surface area contributed by atoms with Gasteiger partial charge in [-0.3, -0.25) is 4.79 Å². The lowest BCUT2D eigenvalue weighted by Crippen LogP contribution is -2.36. The minimum absolute atomic E-state index is 0.0430. The maximum atomic E-state index is 12.3. The molecule has 3 heterocycles.